The Labute approximate surface area is 179 Å². The fourth-order valence-corrected chi connectivity index (χ4v) is 6.58. The van der Waals surface area contributed by atoms with Gasteiger partial charge in [0.1, 0.15) is 4.90 Å². The van der Waals surface area contributed by atoms with E-state index in [0.29, 0.717) is 17.2 Å². The van der Waals surface area contributed by atoms with Gasteiger partial charge in [0.25, 0.3) is 0 Å². The number of fused-ring (bicyclic) bond motifs is 1. The molecule has 1 amide bonds. The van der Waals surface area contributed by atoms with Crippen LogP contribution in [0, 0.1) is 6.92 Å². The van der Waals surface area contributed by atoms with Crippen LogP contribution in [0.1, 0.15) is 28.3 Å². The quantitative estimate of drug-likeness (QED) is 0.633. The number of thiophene rings is 1. The van der Waals surface area contributed by atoms with E-state index in [0.717, 1.165) is 16.0 Å². The normalized spacial score (nSPS) is 16.0. The number of sulfone groups is 1. The van der Waals surface area contributed by atoms with E-state index in [1.807, 2.05) is 19.1 Å². The van der Waals surface area contributed by atoms with Gasteiger partial charge in [0, 0.05) is 28.2 Å². The van der Waals surface area contributed by atoms with Crippen molar-refractivity contribution in [2.45, 2.75) is 29.1 Å². The lowest BCUT2D eigenvalue weighted by Gasteiger charge is -2.25. The molecule has 156 valence electrons. The molecule has 0 bridgehead atoms. The number of para-hydroxylation sites is 1. The van der Waals surface area contributed by atoms with Crippen molar-refractivity contribution in [1.29, 1.82) is 0 Å². The van der Waals surface area contributed by atoms with Gasteiger partial charge in [-0.25, -0.2) is 8.42 Å². The van der Waals surface area contributed by atoms with Crippen molar-refractivity contribution in [3.63, 3.8) is 0 Å². The molecule has 0 spiro atoms. The number of benzene rings is 2. The summed E-state index contributed by atoms with van der Waals surface area (Å²) in [6.45, 7) is 1.90. The third-order valence-corrected chi connectivity index (χ3v) is 8.22. The first kappa shape index (κ1) is 20.4. The Balaban J connectivity index is 1.85. The molecule has 4 rings (SSSR count). The van der Waals surface area contributed by atoms with Crippen molar-refractivity contribution < 1.29 is 22.7 Å². The molecule has 0 unspecified atom stereocenters. The summed E-state index contributed by atoms with van der Waals surface area (Å²) < 4.78 is 37.5. The van der Waals surface area contributed by atoms with E-state index in [1.165, 1.54) is 11.3 Å². The van der Waals surface area contributed by atoms with E-state index in [1.54, 1.807) is 49.9 Å². The van der Waals surface area contributed by atoms with E-state index in [9.17, 15) is 13.2 Å². The number of ether oxygens (including phenoxy) is 2. The fraction of sp³-hybridized carbons (Fsp3) is 0.227. The summed E-state index contributed by atoms with van der Waals surface area (Å²) in [5.41, 5.74) is 2.11. The average molecular weight is 444 g/mol. The van der Waals surface area contributed by atoms with Crippen LogP contribution in [-0.2, 0) is 14.6 Å². The lowest BCUT2D eigenvalue weighted by Crippen LogP contribution is -2.23. The number of anilines is 1. The molecule has 30 heavy (non-hydrogen) atoms. The highest BCUT2D eigenvalue weighted by atomic mass is 32.2. The molecule has 0 aliphatic carbocycles. The highest BCUT2D eigenvalue weighted by Gasteiger charge is 2.36. The fourth-order valence-electron chi connectivity index (χ4n) is 3.68. The monoisotopic (exact) mass is 443 g/mol. The second-order valence-corrected chi connectivity index (χ2v) is 9.87. The molecule has 2 heterocycles. The van der Waals surface area contributed by atoms with E-state index >= 15 is 0 Å². The van der Waals surface area contributed by atoms with Gasteiger partial charge in [-0.2, -0.15) is 0 Å². The molecule has 2 aromatic carbocycles. The van der Waals surface area contributed by atoms with E-state index in [-0.39, 0.29) is 28.0 Å². The standard InChI is InChI=1S/C22H21NO5S2/c1-13-7-9-14(10-8-13)30(25,26)18-12-29-22-16(11-19(24)23-20(18)22)15-5-4-6-17(27-2)21(15)28-3/h4-10,12,16H,11H2,1-3H3,(H,23,24)/t16-/m0/s1. The van der Waals surface area contributed by atoms with Gasteiger partial charge in [0.05, 0.1) is 24.8 Å². The molecule has 1 aromatic heterocycles. The molecule has 1 aliphatic heterocycles. The molecule has 3 aromatic rings. The molecule has 0 fully saturated rings. The predicted octanol–water partition coefficient (Wildman–Crippen LogP) is 4.38. The van der Waals surface area contributed by atoms with Gasteiger partial charge >= 0.3 is 0 Å². The van der Waals surface area contributed by atoms with Crippen molar-refractivity contribution in [3.05, 3.63) is 63.8 Å². The summed E-state index contributed by atoms with van der Waals surface area (Å²) in [5, 5.41) is 4.38. The Morgan fingerprint density at radius 3 is 2.47 bits per heavy atom. The molecule has 0 radical (unpaired) electrons. The number of methoxy groups -OCH3 is 2. The van der Waals surface area contributed by atoms with E-state index < -0.39 is 9.84 Å². The lowest BCUT2D eigenvalue weighted by molar-refractivity contribution is -0.116. The van der Waals surface area contributed by atoms with Crippen LogP contribution in [0.4, 0.5) is 5.69 Å². The summed E-state index contributed by atoms with van der Waals surface area (Å²) in [5.74, 6) is 0.537. The summed E-state index contributed by atoms with van der Waals surface area (Å²) in [7, 11) is -0.670. The van der Waals surface area contributed by atoms with Crippen LogP contribution in [0.15, 0.2) is 57.6 Å². The van der Waals surface area contributed by atoms with Crippen molar-refractivity contribution in [1.82, 2.24) is 0 Å². The maximum absolute atomic E-state index is 13.3. The Morgan fingerprint density at radius 2 is 1.80 bits per heavy atom. The third-order valence-electron chi connectivity index (χ3n) is 5.19. The summed E-state index contributed by atoms with van der Waals surface area (Å²) >= 11 is 1.32. The Bertz CT molecular complexity index is 1210. The molecule has 0 saturated carbocycles. The number of hydrogen-bond donors (Lipinski definition) is 1. The maximum atomic E-state index is 13.3. The van der Waals surface area contributed by atoms with Crippen molar-refractivity contribution in [2.75, 3.05) is 19.5 Å². The number of carbonyl (C=O) groups excluding carboxylic acids is 1. The van der Waals surface area contributed by atoms with E-state index in [4.69, 9.17) is 9.47 Å². The van der Waals surface area contributed by atoms with Crippen molar-refractivity contribution >= 4 is 32.8 Å². The number of nitrogens with one attached hydrogen (secondary N) is 1. The minimum absolute atomic E-state index is 0.117. The van der Waals surface area contributed by atoms with Crippen LogP contribution in [0.25, 0.3) is 0 Å². The maximum Gasteiger partial charge on any atom is 0.225 e. The Kier molecular flexibility index (Phi) is 5.29. The average Bonchev–Trinajstić information content (AvgIpc) is 3.17. The zero-order valence-electron chi connectivity index (χ0n) is 16.8. The molecule has 6 nitrogen and oxygen atoms in total. The topological polar surface area (TPSA) is 81.7 Å². The molecule has 1 atom stereocenters. The smallest absolute Gasteiger partial charge is 0.225 e. The molecule has 8 heteroatoms. The first-order valence-electron chi connectivity index (χ1n) is 9.30. The first-order chi connectivity index (χ1) is 14.4. The largest absolute Gasteiger partial charge is 0.493 e. The van der Waals surface area contributed by atoms with Gasteiger partial charge in [-0.1, -0.05) is 29.8 Å². The minimum atomic E-state index is -3.77. The lowest BCUT2D eigenvalue weighted by atomic mass is 9.89. The number of aryl methyl sites for hydroxylation is 1. The Morgan fingerprint density at radius 1 is 1.07 bits per heavy atom. The minimum Gasteiger partial charge on any atom is -0.493 e. The van der Waals surface area contributed by atoms with Gasteiger partial charge < -0.3 is 14.8 Å². The number of amides is 1. The van der Waals surface area contributed by atoms with Gasteiger partial charge in [-0.15, -0.1) is 11.3 Å². The van der Waals surface area contributed by atoms with Crippen LogP contribution in [0.2, 0.25) is 0 Å². The van der Waals surface area contributed by atoms with Crippen molar-refractivity contribution in [3.8, 4) is 11.5 Å². The third kappa shape index (κ3) is 3.36. The second-order valence-electron chi connectivity index (χ2n) is 7.04. The SMILES string of the molecule is COc1cccc([C@@H]2CC(=O)Nc3c(S(=O)(=O)c4ccc(C)cc4)csc32)c1OC. The highest BCUT2D eigenvalue weighted by Crippen LogP contribution is 2.49. The zero-order chi connectivity index (χ0) is 21.5. The van der Waals surface area contributed by atoms with Crippen LogP contribution < -0.4 is 14.8 Å². The van der Waals surface area contributed by atoms with E-state index in [2.05, 4.69) is 5.32 Å². The summed E-state index contributed by atoms with van der Waals surface area (Å²) in [6.07, 6.45) is 0.195. The van der Waals surface area contributed by atoms with Crippen LogP contribution in [0.3, 0.4) is 0 Å². The van der Waals surface area contributed by atoms with Crippen LogP contribution in [0.5, 0.6) is 11.5 Å². The van der Waals surface area contributed by atoms with Crippen LogP contribution >= 0.6 is 11.3 Å². The van der Waals surface area contributed by atoms with Gasteiger partial charge in [-0.3, -0.25) is 4.79 Å². The summed E-state index contributed by atoms with van der Waals surface area (Å²) in [4.78, 5) is 13.6. The van der Waals surface area contributed by atoms with Crippen LogP contribution in [-0.4, -0.2) is 28.5 Å². The Hall–Kier alpha value is -2.84. The molecule has 1 N–H and O–H groups in total. The molecular formula is C22H21NO5S2. The zero-order valence-corrected chi connectivity index (χ0v) is 18.4. The highest BCUT2D eigenvalue weighted by molar-refractivity contribution is 7.91. The second kappa shape index (κ2) is 7.77. The first-order valence-corrected chi connectivity index (χ1v) is 11.7. The predicted molar refractivity (Wildman–Crippen MR) is 116 cm³/mol. The molecule has 1 aliphatic rings. The number of rotatable bonds is 5. The number of hydrogen-bond acceptors (Lipinski definition) is 6. The van der Waals surface area contributed by atoms with Gasteiger partial charge in [-0.05, 0) is 25.1 Å². The number of carbonyl (C=O) groups is 1. The van der Waals surface area contributed by atoms with Crippen molar-refractivity contribution in [2.24, 2.45) is 0 Å². The van der Waals surface area contributed by atoms with Gasteiger partial charge in [0.15, 0.2) is 11.5 Å². The molecule has 0 saturated heterocycles. The molecular weight excluding hydrogens is 422 g/mol. The summed E-state index contributed by atoms with van der Waals surface area (Å²) in [6, 6.07) is 12.2. The van der Waals surface area contributed by atoms with Gasteiger partial charge in [0.2, 0.25) is 15.7 Å².